The van der Waals surface area contributed by atoms with Crippen molar-refractivity contribution in [3.63, 3.8) is 0 Å². The second-order valence-electron chi connectivity index (χ2n) is 4.36. The van der Waals surface area contributed by atoms with Crippen LogP contribution in [0.4, 0.5) is 4.79 Å². The predicted molar refractivity (Wildman–Crippen MR) is 78.3 cm³/mol. The van der Waals surface area contributed by atoms with Crippen LogP contribution in [0.2, 0.25) is 0 Å². The lowest BCUT2D eigenvalue weighted by Crippen LogP contribution is -2.30. The number of carbonyl (C=O) groups excluding carboxylic acids is 1. The summed E-state index contributed by atoms with van der Waals surface area (Å²) in [6, 6.07) is 1.60. The number of carbonyl (C=O) groups is 1. The van der Waals surface area contributed by atoms with E-state index in [9.17, 15) is 9.59 Å². The molecule has 1 aromatic rings. The minimum atomic E-state index is -0.473. The largest absolute Gasteiger partial charge is 0.427 e. The van der Waals surface area contributed by atoms with Gasteiger partial charge < -0.3 is 9.15 Å². The Labute approximate surface area is 121 Å². The zero-order valence-corrected chi connectivity index (χ0v) is 12.4. The molecule has 0 unspecified atom stereocenters. The third kappa shape index (κ3) is 3.45. The number of ether oxygens (including phenoxy) is 1. The van der Waals surface area contributed by atoms with Crippen molar-refractivity contribution in [2.45, 2.75) is 20.3 Å². The number of aryl methyl sites for hydroxylation is 1. The van der Waals surface area contributed by atoms with Crippen LogP contribution in [-0.4, -0.2) is 29.0 Å². The van der Waals surface area contributed by atoms with Gasteiger partial charge in [0.05, 0.1) is 5.56 Å². The summed E-state index contributed by atoms with van der Waals surface area (Å²) in [5, 5.41) is 0. The first kappa shape index (κ1) is 14.7. The van der Waals surface area contributed by atoms with E-state index in [0.29, 0.717) is 24.3 Å². The van der Waals surface area contributed by atoms with Gasteiger partial charge in [0.2, 0.25) is 0 Å². The standard InChI is InChI=1S/C14H17NO4S/c1-3-11-9-12(10(2)13(16)18-11)19-14(17)15-5-4-7-20-8-6-15/h4-5,9H,3,6-8H2,1-2H3. The van der Waals surface area contributed by atoms with Crippen molar-refractivity contribution in [1.29, 1.82) is 0 Å². The second kappa shape index (κ2) is 6.65. The Bertz CT molecular complexity index is 579. The number of nitrogens with zero attached hydrogens (tertiary/aromatic N) is 1. The SMILES string of the molecule is CCc1cc(OC(=O)N2C=CCSCC2)c(C)c(=O)o1. The maximum absolute atomic E-state index is 12.1. The smallest absolute Gasteiger partial charge is 0.419 e. The fourth-order valence-corrected chi connectivity index (χ4v) is 2.44. The quantitative estimate of drug-likeness (QED) is 0.839. The van der Waals surface area contributed by atoms with Gasteiger partial charge >= 0.3 is 11.7 Å². The summed E-state index contributed by atoms with van der Waals surface area (Å²) in [5.41, 5.74) is -0.155. The number of hydrogen-bond acceptors (Lipinski definition) is 5. The van der Waals surface area contributed by atoms with Crippen LogP contribution >= 0.6 is 11.8 Å². The Morgan fingerprint density at radius 1 is 1.55 bits per heavy atom. The van der Waals surface area contributed by atoms with Gasteiger partial charge in [0.15, 0.2) is 0 Å². The summed E-state index contributed by atoms with van der Waals surface area (Å²) in [6.07, 6.45) is 3.74. The zero-order valence-electron chi connectivity index (χ0n) is 11.5. The monoisotopic (exact) mass is 295 g/mol. The van der Waals surface area contributed by atoms with Gasteiger partial charge in [-0.05, 0) is 6.92 Å². The van der Waals surface area contributed by atoms with Crippen molar-refractivity contribution in [2.75, 3.05) is 18.1 Å². The maximum Gasteiger partial charge on any atom is 0.419 e. The molecule has 5 nitrogen and oxygen atoms in total. The van der Waals surface area contributed by atoms with E-state index < -0.39 is 11.7 Å². The van der Waals surface area contributed by atoms with Crippen LogP contribution in [-0.2, 0) is 6.42 Å². The molecule has 0 aliphatic carbocycles. The average molecular weight is 295 g/mol. The molecule has 2 heterocycles. The first-order valence-electron chi connectivity index (χ1n) is 6.48. The summed E-state index contributed by atoms with van der Waals surface area (Å²) in [5.74, 6) is 2.52. The van der Waals surface area contributed by atoms with E-state index in [1.165, 1.54) is 4.90 Å². The molecule has 0 aromatic carbocycles. The fourth-order valence-electron chi connectivity index (χ4n) is 1.72. The molecule has 108 valence electrons. The van der Waals surface area contributed by atoms with Crippen molar-refractivity contribution in [2.24, 2.45) is 0 Å². The van der Waals surface area contributed by atoms with Gasteiger partial charge in [-0.15, -0.1) is 0 Å². The molecule has 0 atom stereocenters. The summed E-state index contributed by atoms with van der Waals surface area (Å²) < 4.78 is 10.4. The summed E-state index contributed by atoms with van der Waals surface area (Å²) in [4.78, 5) is 25.3. The van der Waals surface area contributed by atoms with Gasteiger partial charge in [-0.1, -0.05) is 13.0 Å². The highest BCUT2D eigenvalue weighted by Crippen LogP contribution is 2.18. The van der Waals surface area contributed by atoms with Crippen LogP contribution in [0.15, 0.2) is 27.6 Å². The molecule has 1 aliphatic rings. The Hall–Kier alpha value is -1.69. The number of hydrogen-bond donors (Lipinski definition) is 0. The minimum Gasteiger partial charge on any atom is -0.427 e. The Morgan fingerprint density at radius 2 is 2.35 bits per heavy atom. The highest BCUT2D eigenvalue weighted by molar-refractivity contribution is 7.99. The summed E-state index contributed by atoms with van der Waals surface area (Å²) >= 11 is 1.75. The fraction of sp³-hybridized carbons (Fsp3) is 0.429. The van der Waals surface area contributed by atoms with Crippen molar-refractivity contribution < 1.29 is 13.9 Å². The van der Waals surface area contributed by atoms with Gasteiger partial charge in [-0.25, -0.2) is 9.59 Å². The molecule has 6 heteroatoms. The van der Waals surface area contributed by atoms with Crippen molar-refractivity contribution >= 4 is 17.9 Å². The molecule has 0 N–H and O–H groups in total. The third-order valence-corrected chi connectivity index (χ3v) is 3.85. The molecule has 0 saturated carbocycles. The molecule has 0 bridgehead atoms. The molecule has 1 amide bonds. The molecular formula is C14H17NO4S. The lowest BCUT2D eigenvalue weighted by Gasteiger charge is -2.16. The van der Waals surface area contributed by atoms with Gasteiger partial charge in [-0.2, -0.15) is 11.8 Å². The zero-order chi connectivity index (χ0) is 14.5. The summed E-state index contributed by atoms with van der Waals surface area (Å²) in [7, 11) is 0. The maximum atomic E-state index is 12.1. The highest BCUT2D eigenvalue weighted by Gasteiger charge is 2.17. The molecule has 1 aromatic heterocycles. The Kier molecular flexibility index (Phi) is 4.89. The van der Waals surface area contributed by atoms with Gasteiger partial charge in [0.25, 0.3) is 0 Å². The topological polar surface area (TPSA) is 59.8 Å². The van der Waals surface area contributed by atoms with E-state index in [4.69, 9.17) is 9.15 Å². The van der Waals surface area contributed by atoms with E-state index >= 15 is 0 Å². The molecule has 0 saturated heterocycles. The highest BCUT2D eigenvalue weighted by atomic mass is 32.2. The van der Waals surface area contributed by atoms with Crippen LogP contribution in [0.25, 0.3) is 0 Å². The molecule has 20 heavy (non-hydrogen) atoms. The van der Waals surface area contributed by atoms with Crippen molar-refractivity contribution in [3.8, 4) is 5.75 Å². The van der Waals surface area contributed by atoms with E-state index in [1.54, 1.807) is 31.0 Å². The molecule has 2 rings (SSSR count). The van der Waals surface area contributed by atoms with E-state index in [2.05, 4.69) is 0 Å². The minimum absolute atomic E-state index is 0.272. The predicted octanol–water partition coefficient (Wildman–Crippen LogP) is 2.57. The molecule has 0 radical (unpaired) electrons. The molecule has 1 aliphatic heterocycles. The van der Waals surface area contributed by atoms with Crippen LogP contribution < -0.4 is 10.4 Å². The summed E-state index contributed by atoms with van der Waals surface area (Å²) in [6.45, 7) is 4.05. The lowest BCUT2D eigenvalue weighted by molar-refractivity contribution is 0.171. The first-order chi connectivity index (χ1) is 9.61. The Morgan fingerprint density at radius 3 is 3.10 bits per heavy atom. The molecule has 0 fully saturated rings. The average Bonchev–Trinajstić information content (AvgIpc) is 2.72. The van der Waals surface area contributed by atoms with Crippen LogP contribution in [0, 0.1) is 6.92 Å². The van der Waals surface area contributed by atoms with E-state index in [0.717, 1.165) is 11.5 Å². The van der Waals surface area contributed by atoms with Gasteiger partial charge in [-0.3, -0.25) is 4.90 Å². The number of thioether (sulfide) groups is 1. The third-order valence-electron chi connectivity index (χ3n) is 2.95. The molecular weight excluding hydrogens is 278 g/mol. The number of amides is 1. The van der Waals surface area contributed by atoms with Gasteiger partial charge in [0.1, 0.15) is 11.5 Å². The van der Waals surface area contributed by atoms with Crippen LogP contribution in [0.1, 0.15) is 18.2 Å². The van der Waals surface area contributed by atoms with Crippen molar-refractivity contribution in [3.05, 3.63) is 40.1 Å². The van der Waals surface area contributed by atoms with Crippen LogP contribution in [0.5, 0.6) is 5.75 Å². The van der Waals surface area contributed by atoms with Crippen LogP contribution in [0.3, 0.4) is 0 Å². The first-order valence-corrected chi connectivity index (χ1v) is 7.63. The van der Waals surface area contributed by atoms with Gasteiger partial charge in [0, 0.05) is 36.7 Å². The second-order valence-corrected chi connectivity index (χ2v) is 5.51. The number of rotatable bonds is 2. The normalized spacial score (nSPS) is 15.0. The Balaban J connectivity index is 2.18. The van der Waals surface area contributed by atoms with Crippen molar-refractivity contribution in [1.82, 2.24) is 4.90 Å². The lowest BCUT2D eigenvalue weighted by atomic mass is 10.2. The van der Waals surface area contributed by atoms with E-state index in [-0.39, 0.29) is 5.75 Å². The van der Waals surface area contributed by atoms with E-state index in [1.807, 2.05) is 13.0 Å². The molecule has 0 spiro atoms.